The molecule has 0 bridgehead atoms. The lowest BCUT2D eigenvalue weighted by atomic mass is 9.97. The van der Waals surface area contributed by atoms with Gasteiger partial charge in [-0.25, -0.2) is 4.68 Å². The summed E-state index contributed by atoms with van der Waals surface area (Å²) in [6.45, 7) is 6.76. The predicted octanol–water partition coefficient (Wildman–Crippen LogP) is 2.55. The van der Waals surface area contributed by atoms with Gasteiger partial charge in [-0.2, -0.15) is 0 Å². The number of halogens is 3. The van der Waals surface area contributed by atoms with Crippen molar-refractivity contribution >= 4 is 34.8 Å². The first-order chi connectivity index (χ1) is 6.20. The minimum atomic E-state index is -1.57. The summed E-state index contributed by atoms with van der Waals surface area (Å²) in [4.78, 5) is 0. The van der Waals surface area contributed by atoms with Gasteiger partial charge in [0.2, 0.25) is 5.82 Å². The highest BCUT2D eigenvalue weighted by Crippen LogP contribution is 2.36. The average molecular weight is 258 g/mol. The molecule has 0 aliphatic carbocycles. The van der Waals surface area contributed by atoms with Gasteiger partial charge in [0, 0.05) is 6.54 Å². The zero-order valence-corrected chi connectivity index (χ0v) is 10.4. The van der Waals surface area contributed by atoms with Gasteiger partial charge in [-0.1, -0.05) is 55.6 Å². The standard InChI is InChI=1S/C7H11Cl3N4/c1-6(2,3)4-14-5(7(8,9)10)11-12-13-14/h4H2,1-3H3. The first kappa shape index (κ1) is 12.0. The monoisotopic (exact) mass is 256 g/mol. The molecular weight excluding hydrogens is 246 g/mol. The van der Waals surface area contributed by atoms with Crippen LogP contribution in [0.4, 0.5) is 0 Å². The number of tetrazole rings is 1. The van der Waals surface area contributed by atoms with Crippen molar-refractivity contribution in [3.05, 3.63) is 5.82 Å². The van der Waals surface area contributed by atoms with E-state index in [1.54, 1.807) is 0 Å². The highest BCUT2D eigenvalue weighted by Gasteiger charge is 2.31. The minimum absolute atomic E-state index is 0.0278. The molecule has 4 nitrogen and oxygen atoms in total. The van der Waals surface area contributed by atoms with Crippen LogP contribution in [0.1, 0.15) is 26.6 Å². The quantitative estimate of drug-likeness (QED) is 0.726. The Kier molecular flexibility index (Phi) is 3.29. The Morgan fingerprint density at radius 1 is 1.21 bits per heavy atom. The summed E-state index contributed by atoms with van der Waals surface area (Å²) in [5.74, 6) is 0.248. The van der Waals surface area contributed by atoms with E-state index in [0.717, 1.165) is 0 Å². The summed E-state index contributed by atoms with van der Waals surface area (Å²) in [5, 5.41) is 10.9. The first-order valence-electron chi connectivity index (χ1n) is 4.03. The summed E-state index contributed by atoms with van der Waals surface area (Å²) in [7, 11) is 0. The van der Waals surface area contributed by atoms with Crippen LogP contribution in [-0.4, -0.2) is 20.2 Å². The van der Waals surface area contributed by atoms with E-state index in [0.29, 0.717) is 6.54 Å². The lowest BCUT2D eigenvalue weighted by molar-refractivity contribution is 0.316. The number of aromatic nitrogens is 4. The molecule has 1 heterocycles. The molecule has 0 aromatic carbocycles. The molecule has 14 heavy (non-hydrogen) atoms. The van der Waals surface area contributed by atoms with Gasteiger partial charge in [0.05, 0.1) is 0 Å². The van der Waals surface area contributed by atoms with Crippen molar-refractivity contribution in [2.75, 3.05) is 0 Å². The highest BCUT2D eigenvalue weighted by molar-refractivity contribution is 6.66. The molecule has 7 heteroatoms. The van der Waals surface area contributed by atoms with Crippen molar-refractivity contribution < 1.29 is 0 Å². The van der Waals surface area contributed by atoms with Gasteiger partial charge in [-0.3, -0.25) is 0 Å². The van der Waals surface area contributed by atoms with Crippen LogP contribution < -0.4 is 0 Å². The molecule has 0 saturated carbocycles. The molecule has 0 radical (unpaired) electrons. The third-order valence-corrected chi connectivity index (χ3v) is 1.92. The van der Waals surface area contributed by atoms with Crippen LogP contribution in [-0.2, 0) is 10.3 Å². The Labute approximate surface area is 97.5 Å². The van der Waals surface area contributed by atoms with Crippen molar-refractivity contribution in [3.8, 4) is 0 Å². The number of hydrogen-bond donors (Lipinski definition) is 0. The molecule has 0 unspecified atom stereocenters. The van der Waals surface area contributed by atoms with Gasteiger partial charge in [0.1, 0.15) is 0 Å². The zero-order chi connectivity index (χ0) is 11.0. The average Bonchev–Trinajstić information content (AvgIpc) is 2.29. The Hall–Kier alpha value is -0.0600. The fourth-order valence-corrected chi connectivity index (χ4v) is 1.37. The molecule has 0 atom stereocenters. The maximum Gasteiger partial charge on any atom is 0.251 e. The molecule has 0 spiro atoms. The largest absolute Gasteiger partial charge is 0.251 e. The van der Waals surface area contributed by atoms with Crippen molar-refractivity contribution in [2.24, 2.45) is 5.41 Å². The second-order valence-electron chi connectivity index (χ2n) is 4.22. The molecule has 0 aliphatic rings. The molecular formula is C7H11Cl3N4. The van der Waals surface area contributed by atoms with E-state index in [1.165, 1.54) is 4.68 Å². The van der Waals surface area contributed by atoms with Crippen LogP contribution >= 0.6 is 34.8 Å². The van der Waals surface area contributed by atoms with Gasteiger partial charge in [0.25, 0.3) is 3.79 Å². The van der Waals surface area contributed by atoms with Crippen LogP contribution in [0, 0.1) is 5.41 Å². The SMILES string of the molecule is CC(C)(C)Cn1nnnc1C(Cl)(Cl)Cl. The molecule has 1 rings (SSSR count). The lowest BCUT2D eigenvalue weighted by Crippen LogP contribution is -2.21. The van der Waals surface area contributed by atoms with Gasteiger partial charge in [-0.05, 0) is 15.8 Å². The van der Waals surface area contributed by atoms with Crippen molar-refractivity contribution in [2.45, 2.75) is 31.1 Å². The summed E-state index contributed by atoms with van der Waals surface area (Å²) in [5.41, 5.74) is 0.0278. The summed E-state index contributed by atoms with van der Waals surface area (Å²) in [6, 6.07) is 0. The molecule has 1 aromatic heterocycles. The predicted molar refractivity (Wildman–Crippen MR) is 56.5 cm³/mol. The van der Waals surface area contributed by atoms with Crippen molar-refractivity contribution in [1.82, 2.24) is 20.2 Å². The third-order valence-electron chi connectivity index (χ3n) is 1.41. The number of rotatable bonds is 1. The Balaban J connectivity index is 2.95. The maximum absolute atomic E-state index is 5.70. The fourth-order valence-electron chi connectivity index (χ4n) is 0.963. The van der Waals surface area contributed by atoms with Crippen LogP contribution in [0.25, 0.3) is 0 Å². The van der Waals surface area contributed by atoms with Crippen LogP contribution in [0.5, 0.6) is 0 Å². The van der Waals surface area contributed by atoms with Crippen LogP contribution in [0.2, 0.25) is 0 Å². The van der Waals surface area contributed by atoms with Crippen molar-refractivity contribution in [3.63, 3.8) is 0 Å². The van der Waals surface area contributed by atoms with E-state index in [9.17, 15) is 0 Å². The van der Waals surface area contributed by atoms with Crippen LogP contribution in [0.3, 0.4) is 0 Å². The highest BCUT2D eigenvalue weighted by atomic mass is 35.6. The molecule has 0 N–H and O–H groups in total. The van der Waals surface area contributed by atoms with Gasteiger partial charge in [0.15, 0.2) is 0 Å². The van der Waals surface area contributed by atoms with E-state index in [4.69, 9.17) is 34.8 Å². The number of alkyl halides is 3. The lowest BCUT2D eigenvalue weighted by Gasteiger charge is -2.19. The molecule has 0 fully saturated rings. The fraction of sp³-hybridized carbons (Fsp3) is 0.857. The summed E-state index contributed by atoms with van der Waals surface area (Å²) in [6.07, 6.45) is 0. The number of nitrogens with zero attached hydrogens (tertiary/aromatic N) is 4. The Morgan fingerprint density at radius 2 is 1.79 bits per heavy atom. The number of hydrogen-bond acceptors (Lipinski definition) is 3. The third kappa shape index (κ3) is 3.26. The summed E-state index contributed by atoms with van der Waals surface area (Å²) >= 11 is 17.1. The molecule has 0 saturated heterocycles. The van der Waals surface area contributed by atoms with E-state index in [2.05, 4.69) is 36.3 Å². The molecule has 1 aromatic rings. The molecule has 0 amide bonds. The van der Waals surface area contributed by atoms with E-state index >= 15 is 0 Å². The first-order valence-corrected chi connectivity index (χ1v) is 5.17. The molecule has 0 aliphatic heterocycles. The summed E-state index contributed by atoms with van der Waals surface area (Å²) < 4.78 is -0.0677. The normalized spacial score (nSPS) is 13.3. The van der Waals surface area contributed by atoms with Gasteiger partial charge < -0.3 is 0 Å². The van der Waals surface area contributed by atoms with Crippen molar-refractivity contribution in [1.29, 1.82) is 0 Å². The zero-order valence-electron chi connectivity index (χ0n) is 8.13. The van der Waals surface area contributed by atoms with E-state index in [-0.39, 0.29) is 11.2 Å². The Bertz CT molecular complexity index is 309. The Morgan fingerprint density at radius 3 is 2.21 bits per heavy atom. The van der Waals surface area contributed by atoms with E-state index in [1.807, 2.05) is 0 Å². The smallest absolute Gasteiger partial charge is 0.225 e. The maximum atomic E-state index is 5.70. The van der Waals surface area contributed by atoms with Gasteiger partial charge in [-0.15, -0.1) is 5.10 Å². The minimum Gasteiger partial charge on any atom is -0.225 e. The van der Waals surface area contributed by atoms with E-state index < -0.39 is 3.79 Å². The topological polar surface area (TPSA) is 43.6 Å². The molecule has 80 valence electrons. The van der Waals surface area contributed by atoms with Gasteiger partial charge >= 0.3 is 0 Å². The second kappa shape index (κ2) is 3.83. The second-order valence-corrected chi connectivity index (χ2v) is 6.50. The van der Waals surface area contributed by atoms with Crippen LogP contribution in [0.15, 0.2) is 0 Å².